The largest absolute Gasteiger partial charge is 0.490 e. The second kappa shape index (κ2) is 7.04. The molecule has 0 heterocycles. The third kappa shape index (κ3) is 3.33. The first-order valence-corrected chi connectivity index (χ1v) is 8.75. The lowest BCUT2D eigenvalue weighted by Crippen LogP contribution is -2.16. The zero-order valence-corrected chi connectivity index (χ0v) is 14.6. The number of methoxy groups -OCH3 is 1. The predicted molar refractivity (Wildman–Crippen MR) is 101 cm³/mol. The Morgan fingerprint density at radius 3 is 2.31 bits per heavy atom. The van der Waals surface area contributed by atoms with E-state index in [1.54, 1.807) is 12.1 Å². The quantitative estimate of drug-likeness (QED) is 0.644. The van der Waals surface area contributed by atoms with Crippen molar-refractivity contribution in [3.63, 3.8) is 0 Å². The number of rotatable bonds is 4. The van der Waals surface area contributed by atoms with Crippen LogP contribution in [0.25, 0.3) is 11.1 Å². The molecule has 4 rings (SSSR count). The Balaban J connectivity index is 1.46. The Hall–Kier alpha value is -3.07. The minimum atomic E-state index is -0.335. The van der Waals surface area contributed by atoms with E-state index in [-0.39, 0.29) is 12.1 Å². The lowest BCUT2D eigenvalue weighted by atomic mass is 10.0. The molecule has 0 spiro atoms. The number of carbonyl (C=O) groups is 1. The van der Waals surface area contributed by atoms with Gasteiger partial charge in [-0.15, -0.1) is 0 Å². The van der Waals surface area contributed by atoms with Gasteiger partial charge in [0.25, 0.3) is 0 Å². The molecule has 26 heavy (non-hydrogen) atoms. The van der Waals surface area contributed by atoms with E-state index in [1.165, 1.54) is 29.4 Å². The summed E-state index contributed by atoms with van der Waals surface area (Å²) < 4.78 is 10.8. The highest BCUT2D eigenvalue weighted by Crippen LogP contribution is 2.30. The van der Waals surface area contributed by atoms with Crippen molar-refractivity contribution in [3.05, 3.63) is 89.5 Å². The molecule has 3 nitrogen and oxygen atoms in total. The number of benzene rings is 3. The van der Waals surface area contributed by atoms with Gasteiger partial charge in [0.1, 0.15) is 11.9 Å². The fourth-order valence-electron chi connectivity index (χ4n) is 3.45. The Morgan fingerprint density at radius 1 is 0.846 bits per heavy atom. The summed E-state index contributed by atoms with van der Waals surface area (Å²) >= 11 is 0. The molecule has 0 N–H and O–H groups in total. The van der Waals surface area contributed by atoms with Crippen LogP contribution in [0.2, 0.25) is 0 Å². The molecule has 0 aliphatic heterocycles. The van der Waals surface area contributed by atoms with Crippen molar-refractivity contribution in [2.75, 3.05) is 7.11 Å². The van der Waals surface area contributed by atoms with Gasteiger partial charge in [-0.2, -0.15) is 0 Å². The van der Waals surface area contributed by atoms with E-state index in [1.807, 2.05) is 18.2 Å². The van der Waals surface area contributed by atoms with Crippen LogP contribution in [0.4, 0.5) is 0 Å². The summed E-state index contributed by atoms with van der Waals surface area (Å²) in [6.07, 6.45) is 1.93. The number of hydrogen-bond donors (Lipinski definition) is 0. The zero-order valence-electron chi connectivity index (χ0n) is 14.6. The Kier molecular flexibility index (Phi) is 4.44. The van der Waals surface area contributed by atoms with Gasteiger partial charge in [0.05, 0.1) is 12.7 Å². The van der Waals surface area contributed by atoms with E-state index in [0.29, 0.717) is 5.56 Å². The van der Waals surface area contributed by atoms with Crippen molar-refractivity contribution in [2.24, 2.45) is 0 Å². The molecular weight excluding hydrogens is 324 g/mol. The minimum Gasteiger partial charge on any atom is -0.490 e. The third-order valence-corrected chi connectivity index (χ3v) is 4.79. The predicted octanol–water partition coefficient (Wildman–Crippen LogP) is 4.69. The van der Waals surface area contributed by atoms with Gasteiger partial charge in [0.2, 0.25) is 0 Å². The second-order valence-electron chi connectivity index (χ2n) is 6.51. The molecule has 0 aromatic heterocycles. The first-order valence-electron chi connectivity index (χ1n) is 8.75. The highest BCUT2D eigenvalue weighted by Gasteiger charge is 2.23. The number of carbonyl (C=O) groups excluding carboxylic acids is 1. The standard InChI is InChI=1S/C23H20O3/c1-25-23(24)17-9-11-21(12-10-17)26-22-14-19-8-7-18(13-20(19)15-22)16-5-3-2-4-6-16/h2-13,22H,14-15H2,1H3. The highest BCUT2D eigenvalue weighted by atomic mass is 16.5. The Bertz CT molecular complexity index is 914. The third-order valence-electron chi connectivity index (χ3n) is 4.79. The molecule has 0 saturated carbocycles. The molecule has 1 aliphatic rings. The first kappa shape index (κ1) is 16.4. The molecule has 3 heteroatoms. The number of hydrogen-bond acceptors (Lipinski definition) is 3. The average molecular weight is 344 g/mol. The van der Waals surface area contributed by atoms with Crippen LogP contribution in [-0.2, 0) is 17.6 Å². The maximum Gasteiger partial charge on any atom is 0.337 e. The van der Waals surface area contributed by atoms with E-state index < -0.39 is 0 Å². The summed E-state index contributed by atoms with van der Waals surface area (Å²) in [6, 6.07) is 24.2. The smallest absolute Gasteiger partial charge is 0.337 e. The number of esters is 1. The summed E-state index contributed by atoms with van der Waals surface area (Å²) in [5.41, 5.74) is 5.70. The maximum absolute atomic E-state index is 11.5. The molecule has 0 saturated heterocycles. The highest BCUT2D eigenvalue weighted by molar-refractivity contribution is 5.89. The van der Waals surface area contributed by atoms with Crippen molar-refractivity contribution in [2.45, 2.75) is 18.9 Å². The van der Waals surface area contributed by atoms with Crippen LogP contribution in [0.3, 0.4) is 0 Å². The van der Waals surface area contributed by atoms with Gasteiger partial charge in [-0.05, 0) is 46.5 Å². The summed E-state index contributed by atoms with van der Waals surface area (Å²) in [5.74, 6) is 0.442. The van der Waals surface area contributed by atoms with Crippen LogP contribution < -0.4 is 4.74 Å². The van der Waals surface area contributed by atoms with E-state index in [2.05, 4.69) is 42.5 Å². The van der Waals surface area contributed by atoms with Crippen LogP contribution in [0.5, 0.6) is 5.75 Å². The van der Waals surface area contributed by atoms with E-state index in [4.69, 9.17) is 9.47 Å². The zero-order chi connectivity index (χ0) is 17.9. The van der Waals surface area contributed by atoms with Gasteiger partial charge in [-0.3, -0.25) is 0 Å². The number of ether oxygens (including phenoxy) is 2. The molecular formula is C23H20O3. The van der Waals surface area contributed by atoms with Crippen molar-refractivity contribution in [1.29, 1.82) is 0 Å². The summed E-state index contributed by atoms with van der Waals surface area (Å²) in [7, 11) is 1.38. The Morgan fingerprint density at radius 2 is 1.58 bits per heavy atom. The van der Waals surface area contributed by atoms with Crippen LogP contribution in [0, 0.1) is 0 Å². The van der Waals surface area contributed by atoms with Gasteiger partial charge in [-0.1, -0.05) is 48.5 Å². The molecule has 0 amide bonds. The maximum atomic E-state index is 11.5. The first-order chi connectivity index (χ1) is 12.7. The Labute approximate surface area is 153 Å². The lowest BCUT2D eigenvalue weighted by Gasteiger charge is -2.13. The van der Waals surface area contributed by atoms with E-state index in [0.717, 1.165) is 18.6 Å². The average Bonchev–Trinajstić information content (AvgIpc) is 3.10. The molecule has 3 aromatic carbocycles. The molecule has 1 atom stereocenters. The van der Waals surface area contributed by atoms with Crippen LogP contribution in [0.15, 0.2) is 72.8 Å². The molecule has 130 valence electrons. The van der Waals surface area contributed by atoms with Gasteiger partial charge >= 0.3 is 5.97 Å². The second-order valence-corrected chi connectivity index (χ2v) is 6.51. The van der Waals surface area contributed by atoms with E-state index >= 15 is 0 Å². The van der Waals surface area contributed by atoms with Crippen molar-refractivity contribution in [1.82, 2.24) is 0 Å². The SMILES string of the molecule is COC(=O)c1ccc(OC2Cc3ccc(-c4ccccc4)cc3C2)cc1. The van der Waals surface area contributed by atoms with Crippen LogP contribution >= 0.6 is 0 Å². The van der Waals surface area contributed by atoms with Gasteiger partial charge in [0, 0.05) is 12.8 Å². The van der Waals surface area contributed by atoms with Gasteiger partial charge in [0.15, 0.2) is 0 Å². The van der Waals surface area contributed by atoms with Gasteiger partial charge < -0.3 is 9.47 Å². The van der Waals surface area contributed by atoms with Crippen LogP contribution in [-0.4, -0.2) is 19.2 Å². The molecule has 3 aromatic rings. The minimum absolute atomic E-state index is 0.125. The molecule has 0 bridgehead atoms. The summed E-state index contributed by atoms with van der Waals surface area (Å²) in [6.45, 7) is 0. The topological polar surface area (TPSA) is 35.5 Å². The lowest BCUT2D eigenvalue weighted by molar-refractivity contribution is 0.0600. The van der Waals surface area contributed by atoms with Crippen molar-refractivity contribution in [3.8, 4) is 16.9 Å². The van der Waals surface area contributed by atoms with E-state index in [9.17, 15) is 4.79 Å². The fourth-order valence-corrected chi connectivity index (χ4v) is 3.45. The number of fused-ring (bicyclic) bond motifs is 1. The fraction of sp³-hybridized carbons (Fsp3) is 0.174. The molecule has 0 radical (unpaired) electrons. The summed E-state index contributed by atoms with van der Waals surface area (Å²) in [4.78, 5) is 11.5. The molecule has 1 aliphatic carbocycles. The monoisotopic (exact) mass is 344 g/mol. The molecule has 1 unspecified atom stereocenters. The van der Waals surface area contributed by atoms with Gasteiger partial charge in [-0.25, -0.2) is 4.79 Å². The normalized spacial score (nSPS) is 15.3. The van der Waals surface area contributed by atoms with Crippen molar-refractivity contribution >= 4 is 5.97 Å². The summed E-state index contributed by atoms with van der Waals surface area (Å²) in [5, 5.41) is 0. The van der Waals surface area contributed by atoms with Crippen LogP contribution in [0.1, 0.15) is 21.5 Å². The van der Waals surface area contributed by atoms with Crippen molar-refractivity contribution < 1.29 is 14.3 Å². The molecule has 0 fully saturated rings.